The Hall–Kier alpha value is -0.610. The topological polar surface area (TPSA) is 41.6 Å². The van der Waals surface area contributed by atoms with E-state index in [0.29, 0.717) is 12.3 Å². The van der Waals surface area contributed by atoms with Crippen LogP contribution in [0.1, 0.15) is 45.4 Å². The summed E-state index contributed by atoms with van der Waals surface area (Å²) in [7, 11) is 0. The number of rotatable bonds is 5. The molecule has 0 saturated carbocycles. The Kier molecular flexibility index (Phi) is 6.11. The third kappa shape index (κ3) is 4.77. The van der Waals surface area contributed by atoms with Crippen molar-refractivity contribution in [3.05, 3.63) is 0 Å². The van der Waals surface area contributed by atoms with Crippen molar-refractivity contribution in [2.24, 2.45) is 5.92 Å². The Morgan fingerprint density at radius 2 is 2.21 bits per heavy atom. The van der Waals surface area contributed by atoms with E-state index in [-0.39, 0.29) is 12.0 Å². The Morgan fingerprint density at radius 1 is 1.32 bits per heavy atom. The Morgan fingerprint density at radius 3 is 2.84 bits per heavy atom. The Balaban J connectivity index is 1.76. The monoisotopic (exact) mass is 268 g/mol. The molecule has 0 aromatic rings. The van der Waals surface area contributed by atoms with Gasteiger partial charge < -0.3 is 15.0 Å². The average molecular weight is 268 g/mol. The number of nitrogens with zero attached hydrogens (tertiary/aromatic N) is 1. The SMILES string of the molecule is CCN(CC1CCCNC1)C(=O)CC1CCCCO1. The summed E-state index contributed by atoms with van der Waals surface area (Å²) in [5, 5.41) is 3.42. The summed E-state index contributed by atoms with van der Waals surface area (Å²) in [4.78, 5) is 14.4. The van der Waals surface area contributed by atoms with Crippen molar-refractivity contribution in [2.75, 3.05) is 32.8 Å². The standard InChI is InChI=1S/C15H28N2O2/c1-2-17(12-13-6-5-8-16-11-13)15(18)10-14-7-3-4-9-19-14/h13-14,16H,2-12H2,1H3. The van der Waals surface area contributed by atoms with Crippen LogP contribution >= 0.6 is 0 Å². The van der Waals surface area contributed by atoms with Crippen molar-refractivity contribution in [1.29, 1.82) is 0 Å². The van der Waals surface area contributed by atoms with Gasteiger partial charge in [0.1, 0.15) is 0 Å². The van der Waals surface area contributed by atoms with Gasteiger partial charge in [0.05, 0.1) is 12.5 Å². The molecule has 2 fully saturated rings. The molecule has 2 unspecified atom stereocenters. The lowest BCUT2D eigenvalue weighted by Gasteiger charge is -2.31. The minimum atomic E-state index is 0.166. The highest BCUT2D eigenvalue weighted by Crippen LogP contribution is 2.18. The third-order valence-corrected chi connectivity index (χ3v) is 4.29. The summed E-state index contributed by atoms with van der Waals surface area (Å²) < 4.78 is 5.67. The quantitative estimate of drug-likeness (QED) is 0.826. The normalized spacial score (nSPS) is 28.1. The second-order valence-electron chi connectivity index (χ2n) is 5.84. The predicted octanol–water partition coefficient (Wildman–Crippen LogP) is 1.79. The first-order valence-electron chi connectivity index (χ1n) is 7.89. The fourth-order valence-corrected chi connectivity index (χ4v) is 3.09. The van der Waals surface area contributed by atoms with Gasteiger partial charge in [0.2, 0.25) is 5.91 Å². The molecule has 110 valence electrons. The molecule has 0 spiro atoms. The summed E-state index contributed by atoms with van der Waals surface area (Å²) in [6.07, 6.45) is 6.63. The summed E-state index contributed by atoms with van der Waals surface area (Å²) in [5.74, 6) is 0.907. The van der Waals surface area contributed by atoms with E-state index < -0.39 is 0 Å². The van der Waals surface area contributed by atoms with Crippen LogP contribution in [0.15, 0.2) is 0 Å². The van der Waals surface area contributed by atoms with Gasteiger partial charge in [-0.15, -0.1) is 0 Å². The maximum absolute atomic E-state index is 12.3. The molecule has 1 amide bonds. The van der Waals surface area contributed by atoms with E-state index in [1.165, 1.54) is 19.3 Å². The molecule has 4 heteroatoms. The molecule has 0 bridgehead atoms. The van der Waals surface area contributed by atoms with Crippen LogP contribution in [0.4, 0.5) is 0 Å². The second kappa shape index (κ2) is 7.85. The van der Waals surface area contributed by atoms with Crippen molar-refractivity contribution in [1.82, 2.24) is 10.2 Å². The van der Waals surface area contributed by atoms with Crippen LogP contribution in [-0.2, 0) is 9.53 Å². The highest BCUT2D eigenvalue weighted by Gasteiger charge is 2.23. The maximum atomic E-state index is 12.3. The summed E-state index contributed by atoms with van der Waals surface area (Å²) >= 11 is 0. The number of nitrogens with one attached hydrogen (secondary N) is 1. The molecule has 2 aliphatic rings. The van der Waals surface area contributed by atoms with Crippen molar-refractivity contribution in [2.45, 2.75) is 51.6 Å². The lowest BCUT2D eigenvalue weighted by Crippen LogP contribution is -2.42. The van der Waals surface area contributed by atoms with Crippen LogP contribution in [-0.4, -0.2) is 49.7 Å². The molecule has 2 rings (SSSR count). The van der Waals surface area contributed by atoms with Gasteiger partial charge in [-0.25, -0.2) is 0 Å². The first-order valence-corrected chi connectivity index (χ1v) is 7.89. The van der Waals surface area contributed by atoms with Gasteiger partial charge in [-0.05, 0) is 58.0 Å². The Bertz CT molecular complexity index is 271. The van der Waals surface area contributed by atoms with Crippen molar-refractivity contribution >= 4 is 5.91 Å². The molecule has 2 atom stereocenters. The van der Waals surface area contributed by atoms with Gasteiger partial charge >= 0.3 is 0 Å². The van der Waals surface area contributed by atoms with Gasteiger partial charge in [-0.3, -0.25) is 4.79 Å². The number of hydrogen-bond acceptors (Lipinski definition) is 3. The molecule has 2 heterocycles. The zero-order valence-electron chi connectivity index (χ0n) is 12.2. The van der Waals surface area contributed by atoms with E-state index in [9.17, 15) is 4.79 Å². The zero-order chi connectivity index (χ0) is 13.5. The highest BCUT2D eigenvalue weighted by molar-refractivity contribution is 5.76. The molecular weight excluding hydrogens is 240 g/mol. The molecule has 0 aromatic carbocycles. The highest BCUT2D eigenvalue weighted by atomic mass is 16.5. The number of carbonyl (C=O) groups is 1. The van der Waals surface area contributed by atoms with Crippen LogP contribution in [0.3, 0.4) is 0 Å². The van der Waals surface area contributed by atoms with Gasteiger partial charge in [0, 0.05) is 19.7 Å². The van der Waals surface area contributed by atoms with Gasteiger partial charge in [0.15, 0.2) is 0 Å². The fourth-order valence-electron chi connectivity index (χ4n) is 3.09. The summed E-state index contributed by atoms with van der Waals surface area (Å²) in [6.45, 7) is 6.83. The number of ether oxygens (including phenoxy) is 1. The zero-order valence-corrected chi connectivity index (χ0v) is 12.2. The smallest absolute Gasteiger partial charge is 0.225 e. The minimum Gasteiger partial charge on any atom is -0.378 e. The molecule has 0 aromatic heterocycles. The molecule has 2 aliphatic heterocycles. The van der Waals surface area contributed by atoms with Crippen LogP contribution < -0.4 is 5.32 Å². The first kappa shape index (κ1) is 14.8. The molecule has 19 heavy (non-hydrogen) atoms. The van der Waals surface area contributed by atoms with E-state index in [4.69, 9.17) is 4.74 Å². The third-order valence-electron chi connectivity index (χ3n) is 4.29. The van der Waals surface area contributed by atoms with Gasteiger partial charge in [-0.2, -0.15) is 0 Å². The number of piperidine rings is 1. The Labute approximate surface area is 116 Å². The first-order chi connectivity index (χ1) is 9.29. The van der Waals surface area contributed by atoms with E-state index >= 15 is 0 Å². The van der Waals surface area contributed by atoms with Crippen molar-refractivity contribution < 1.29 is 9.53 Å². The average Bonchev–Trinajstić information content (AvgIpc) is 2.47. The van der Waals surface area contributed by atoms with Gasteiger partial charge in [-0.1, -0.05) is 0 Å². The maximum Gasteiger partial charge on any atom is 0.225 e. The lowest BCUT2D eigenvalue weighted by molar-refractivity contribution is -0.135. The van der Waals surface area contributed by atoms with E-state index in [0.717, 1.165) is 45.6 Å². The molecule has 4 nitrogen and oxygen atoms in total. The van der Waals surface area contributed by atoms with Crippen LogP contribution in [0.25, 0.3) is 0 Å². The molecular formula is C15H28N2O2. The lowest BCUT2D eigenvalue weighted by atomic mass is 9.98. The fraction of sp³-hybridized carbons (Fsp3) is 0.933. The van der Waals surface area contributed by atoms with Gasteiger partial charge in [0.25, 0.3) is 0 Å². The molecule has 2 saturated heterocycles. The number of carbonyl (C=O) groups excluding carboxylic acids is 1. The minimum absolute atomic E-state index is 0.166. The number of hydrogen-bond donors (Lipinski definition) is 1. The predicted molar refractivity (Wildman–Crippen MR) is 76.1 cm³/mol. The van der Waals surface area contributed by atoms with Crippen LogP contribution in [0.5, 0.6) is 0 Å². The largest absolute Gasteiger partial charge is 0.378 e. The van der Waals surface area contributed by atoms with E-state index in [1.807, 2.05) is 4.90 Å². The van der Waals surface area contributed by atoms with E-state index in [2.05, 4.69) is 12.2 Å². The summed E-state index contributed by atoms with van der Waals surface area (Å²) in [6, 6.07) is 0. The van der Waals surface area contributed by atoms with Crippen molar-refractivity contribution in [3.8, 4) is 0 Å². The van der Waals surface area contributed by atoms with Crippen LogP contribution in [0.2, 0.25) is 0 Å². The molecule has 0 radical (unpaired) electrons. The molecule has 1 N–H and O–H groups in total. The summed E-state index contributed by atoms with van der Waals surface area (Å²) in [5.41, 5.74) is 0. The van der Waals surface area contributed by atoms with E-state index in [1.54, 1.807) is 0 Å². The second-order valence-corrected chi connectivity index (χ2v) is 5.84. The van der Waals surface area contributed by atoms with Crippen molar-refractivity contribution in [3.63, 3.8) is 0 Å². The number of amides is 1. The molecule has 0 aliphatic carbocycles. The van der Waals surface area contributed by atoms with Crippen LogP contribution in [0, 0.1) is 5.92 Å².